The Bertz CT molecular complexity index is 773. The summed E-state index contributed by atoms with van der Waals surface area (Å²) in [4.78, 5) is 44.3. The van der Waals surface area contributed by atoms with E-state index in [1.165, 1.54) is 6.20 Å². The van der Waals surface area contributed by atoms with Gasteiger partial charge in [-0.15, -0.1) is 11.6 Å². The van der Waals surface area contributed by atoms with Crippen molar-refractivity contribution >= 4 is 42.2 Å². The topological polar surface area (TPSA) is 133 Å². The maximum Gasteiger partial charge on any atom is 0.234 e. The van der Waals surface area contributed by atoms with Crippen molar-refractivity contribution in [2.75, 3.05) is 5.73 Å². The van der Waals surface area contributed by atoms with E-state index in [2.05, 4.69) is 19.9 Å². The molecule has 0 aromatic carbocycles. The van der Waals surface area contributed by atoms with Crippen LogP contribution < -0.4 is 5.73 Å². The van der Waals surface area contributed by atoms with Gasteiger partial charge in [0.05, 0.1) is 6.20 Å². The summed E-state index contributed by atoms with van der Waals surface area (Å²) < 4.78 is 1.63. The molecule has 132 valence electrons. The molecule has 0 saturated carbocycles. The van der Waals surface area contributed by atoms with Crippen LogP contribution in [-0.2, 0) is 9.59 Å². The number of hydrogen-bond acceptors (Lipinski definition) is 8. The summed E-state index contributed by atoms with van der Waals surface area (Å²) in [6.45, 7) is 0. The van der Waals surface area contributed by atoms with E-state index in [9.17, 15) is 14.4 Å². The van der Waals surface area contributed by atoms with E-state index in [0.717, 1.165) is 6.29 Å². The third-order valence-corrected chi connectivity index (χ3v) is 2.49. The first-order valence-corrected chi connectivity index (χ1v) is 6.86. The first-order chi connectivity index (χ1) is 11.6. The number of nitrogen functional groups attached to an aromatic ring is 1. The Balaban J connectivity index is 0.000000362. The van der Waals surface area contributed by atoms with Gasteiger partial charge >= 0.3 is 0 Å². The number of aromatic nitrogens is 5. The molecule has 2 N–H and O–H groups in total. The summed E-state index contributed by atoms with van der Waals surface area (Å²) in [5, 5.41) is -0.954. The number of halogens is 1. The van der Waals surface area contributed by atoms with E-state index in [4.69, 9.17) is 17.3 Å². The largest absolute Gasteiger partial charge is 0.368 e. The number of carbonyl (C=O) groups excluding carboxylic acids is 3. The molecule has 3 rings (SSSR count). The van der Waals surface area contributed by atoms with Crippen molar-refractivity contribution in [2.24, 2.45) is 0 Å². The molecule has 0 atom stereocenters. The Hall–Kier alpha value is -3.20. The molecule has 0 amide bonds. The molecule has 0 aliphatic carbocycles. The smallest absolute Gasteiger partial charge is 0.234 e. The van der Waals surface area contributed by atoms with Gasteiger partial charge in [0.1, 0.15) is 23.6 Å². The van der Waals surface area contributed by atoms with Crippen molar-refractivity contribution in [3.05, 3.63) is 48.8 Å². The number of nitrogens with zero attached hydrogens (tertiary/aromatic N) is 5. The lowest BCUT2D eigenvalue weighted by Crippen LogP contribution is -1.98. The highest BCUT2D eigenvalue weighted by Crippen LogP contribution is 1.99. The molecule has 0 spiro atoms. The SMILES string of the molecule is C.Nc1ncccn1.O=CC(Cl)C=O.O=Cc1cnc2ncccn12. The van der Waals surface area contributed by atoms with Gasteiger partial charge in [-0.1, -0.05) is 7.43 Å². The summed E-state index contributed by atoms with van der Waals surface area (Å²) in [5.41, 5.74) is 5.66. The van der Waals surface area contributed by atoms with E-state index >= 15 is 0 Å². The lowest BCUT2D eigenvalue weighted by atomic mass is 10.5. The second-order valence-corrected chi connectivity index (χ2v) is 4.42. The molecule has 0 fully saturated rings. The highest BCUT2D eigenvalue weighted by atomic mass is 35.5. The number of aldehydes is 3. The van der Waals surface area contributed by atoms with Crippen LogP contribution in [0, 0.1) is 0 Å². The molecule has 3 aromatic rings. The number of fused-ring (bicyclic) bond motifs is 1. The van der Waals surface area contributed by atoms with Gasteiger partial charge in [0.2, 0.25) is 11.7 Å². The van der Waals surface area contributed by atoms with Crippen molar-refractivity contribution in [1.82, 2.24) is 24.3 Å². The van der Waals surface area contributed by atoms with Gasteiger partial charge in [0.15, 0.2) is 6.29 Å². The van der Waals surface area contributed by atoms with Gasteiger partial charge in [-0.05, 0) is 12.1 Å². The van der Waals surface area contributed by atoms with Gasteiger partial charge in [0.25, 0.3) is 0 Å². The van der Waals surface area contributed by atoms with Crippen LogP contribution in [0.15, 0.2) is 43.1 Å². The zero-order valence-electron chi connectivity index (χ0n) is 12.3. The van der Waals surface area contributed by atoms with Crippen molar-refractivity contribution in [3.63, 3.8) is 0 Å². The Kier molecular flexibility index (Phi) is 10.7. The molecule has 0 bridgehead atoms. The van der Waals surface area contributed by atoms with E-state index < -0.39 is 5.38 Å². The fourth-order valence-corrected chi connectivity index (χ4v) is 1.28. The minimum absolute atomic E-state index is 0. The Morgan fingerprint density at radius 2 is 1.60 bits per heavy atom. The number of hydrogen-bond donors (Lipinski definition) is 1. The highest BCUT2D eigenvalue weighted by molar-refractivity contribution is 6.35. The number of nitrogens with two attached hydrogens (primary N) is 1. The molecule has 10 heteroatoms. The summed E-state index contributed by atoms with van der Waals surface area (Å²) in [7, 11) is 0. The fraction of sp³-hybridized carbons (Fsp3) is 0.133. The number of anilines is 1. The molecular weight excluding hydrogens is 348 g/mol. The monoisotopic (exact) mass is 364 g/mol. The van der Waals surface area contributed by atoms with E-state index in [0.29, 0.717) is 30.0 Å². The van der Waals surface area contributed by atoms with Gasteiger partial charge in [-0.2, -0.15) is 0 Å². The second-order valence-electron chi connectivity index (χ2n) is 3.91. The Morgan fingerprint density at radius 1 is 1.00 bits per heavy atom. The normalized spacial score (nSPS) is 8.88. The highest BCUT2D eigenvalue weighted by Gasteiger charge is 1.99. The maximum atomic E-state index is 10.4. The zero-order chi connectivity index (χ0) is 17.8. The van der Waals surface area contributed by atoms with Crippen LogP contribution >= 0.6 is 11.6 Å². The zero-order valence-corrected chi connectivity index (χ0v) is 13.0. The lowest BCUT2D eigenvalue weighted by Gasteiger charge is -1.89. The van der Waals surface area contributed by atoms with Gasteiger partial charge in [0, 0.05) is 24.8 Å². The van der Waals surface area contributed by atoms with E-state index in [-0.39, 0.29) is 7.43 Å². The lowest BCUT2D eigenvalue weighted by molar-refractivity contribution is -0.113. The Morgan fingerprint density at radius 3 is 2.04 bits per heavy atom. The van der Waals surface area contributed by atoms with Crippen LogP contribution in [0.4, 0.5) is 5.95 Å². The van der Waals surface area contributed by atoms with E-state index in [1.807, 2.05) is 0 Å². The molecule has 0 aliphatic heterocycles. The van der Waals surface area contributed by atoms with Crippen LogP contribution in [0.3, 0.4) is 0 Å². The van der Waals surface area contributed by atoms with Crippen LogP contribution in [0.2, 0.25) is 0 Å². The summed E-state index contributed by atoms with van der Waals surface area (Å²) in [6.07, 6.45) is 9.57. The standard InChI is InChI=1S/C7H5N3O.C4H5N3.C3H3ClO2.CH4/c11-5-6-4-9-7-8-2-1-3-10(6)7;5-4-6-2-1-3-7-4;4-3(1-5)2-6;/h1-5H;1-3H,(H2,5,6,7);1-3H;1H4. The second kappa shape index (κ2) is 12.3. The van der Waals surface area contributed by atoms with E-state index in [1.54, 1.807) is 41.3 Å². The molecule has 3 aromatic heterocycles. The van der Waals surface area contributed by atoms with Gasteiger partial charge < -0.3 is 15.3 Å². The van der Waals surface area contributed by atoms with Crippen LogP contribution in [0.5, 0.6) is 0 Å². The predicted octanol–water partition coefficient (Wildman–Crippen LogP) is 1.23. The minimum Gasteiger partial charge on any atom is -0.368 e. The predicted molar refractivity (Wildman–Crippen MR) is 93.3 cm³/mol. The van der Waals surface area contributed by atoms with Crippen LogP contribution in [0.25, 0.3) is 5.78 Å². The van der Waals surface area contributed by atoms with Gasteiger partial charge in [-0.25, -0.2) is 19.9 Å². The first kappa shape index (κ1) is 21.8. The molecule has 0 aliphatic rings. The first-order valence-electron chi connectivity index (χ1n) is 6.42. The Labute approximate surface area is 148 Å². The third-order valence-electron chi connectivity index (χ3n) is 2.28. The van der Waals surface area contributed by atoms with Crippen molar-refractivity contribution in [3.8, 4) is 0 Å². The number of rotatable bonds is 3. The van der Waals surface area contributed by atoms with Crippen molar-refractivity contribution in [1.29, 1.82) is 0 Å². The average molecular weight is 365 g/mol. The average Bonchev–Trinajstić information content (AvgIpc) is 3.06. The van der Waals surface area contributed by atoms with Crippen LogP contribution in [0.1, 0.15) is 17.9 Å². The molecule has 0 unspecified atom stereocenters. The number of imidazole rings is 1. The number of carbonyl (C=O) groups is 3. The summed E-state index contributed by atoms with van der Waals surface area (Å²) in [5.74, 6) is 0.872. The van der Waals surface area contributed by atoms with Crippen LogP contribution in [-0.4, -0.2) is 48.6 Å². The molecule has 0 saturated heterocycles. The molecule has 3 heterocycles. The maximum absolute atomic E-state index is 10.4. The van der Waals surface area contributed by atoms with Gasteiger partial charge in [-0.3, -0.25) is 9.20 Å². The van der Waals surface area contributed by atoms with Crippen molar-refractivity contribution < 1.29 is 14.4 Å². The molecule has 0 radical (unpaired) electrons. The van der Waals surface area contributed by atoms with Crippen molar-refractivity contribution in [2.45, 2.75) is 12.8 Å². The quantitative estimate of drug-likeness (QED) is 0.416. The minimum atomic E-state index is -0.954. The molecular formula is C15H17ClN6O3. The summed E-state index contributed by atoms with van der Waals surface area (Å²) >= 11 is 4.91. The fourth-order valence-electron chi connectivity index (χ4n) is 1.28. The third kappa shape index (κ3) is 7.75. The number of alkyl halides is 1. The molecule has 25 heavy (non-hydrogen) atoms. The molecule has 9 nitrogen and oxygen atoms in total. The summed E-state index contributed by atoms with van der Waals surface area (Å²) in [6, 6.07) is 3.47.